The van der Waals surface area contributed by atoms with Crippen molar-refractivity contribution < 1.29 is 100 Å². The Balaban J connectivity index is 1.14. The summed E-state index contributed by atoms with van der Waals surface area (Å²) in [7, 11) is 12.1. The molecule has 22 nitrogen and oxygen atoms in total. The SMILES string of the molecule is COCCOCCOCCOCCOCCOCCOCCOCCOCCOCCOCCOCCOCCOCCOCCOCCOCC(=O)CCC(=O)NCCCC[C@@H](C(=O)O)C1SSC2(SS1)SS2. The summed E-state index contributed by atoms with van der Waals surface area (Å²) in [5.41, 5.74) is 0. The summed E-state index contributed by atoms with van der Waals surface area (Å²) in [5, 5.41) is 12.5. The fourth-order valence-electron chi connectivity index (χ4n) is 5.60. The molecule has 2 fully saturated rings. The van der Waals surface area contributed by atoms with Gasteiger partial charge in [-0.1, -0.05) is 49.6 Å². The molecule has 1 spiro atoms. The Hall–Kier alpha value is 0.0300. The van der Waals surface area contributed by atoms with Crippen LogP contribution in [0, 0.1) is 5.92 Å². The number of carboxylic acid groups (broad SMARTS) is 1. The van der Waals surface area contributed by atoms with Gasteiger partial charge in [0.1, 0.15) is 6.61 Å². The van der Waals surface area contributed by atoms with E-state index in [9.17, 15) is 19.5 Å². The molecule has 0 aromatic heterocycles. The molecule has 2 heterocycles. The van der Waals surface area contributed by atoms with E-state index in [0.717, 1.165) is 0 Å². The number of hydrogen-bond acceptors (Lipinski definition) is 26. The number of aliphatic carboxylic acids is 1. The van der Waals surface area contributed by atoms with Crippen LogP contribution in [-0.4, -0.2) is 262 Å². The first-order chi connectivity index (χ1) is 36.5. The zero-order chi connectivity index (χ0) is 52.9. The maximum Gasteiger partial charge on any atom is 0.308 e. The largest absolute Gasteiger partial charge is 0.481 e. The van der Waals surface area contributed by atoms with Crippen molar-refractivity contribution in [3.8, 4) is 0 Å². The zero-order valence-corrected chi connectivity index (χ0v) is 48.2. The zero-order valence-electron chi connectivity index (χ0n) is 43.3. The second-order valence-corrected chi connectivity index (χ2v) is 25.0. The molecule has 2 aliphatic rings. The van der Waals surface area contributed by atoms with E-state index in [1.54, 1.807) is 50.3 Å². The van der Waals surface area contributed by atoms with Crippen LogP contribution in [0.5, 0.6) is 0 Å². The molecule has 2 rings (SSSR count). The van der Waals surface area contributed by atoms with Gasteiger partial charge in [0.2, 0.25) is 5.91 Å². The Morgan fingerprint density at radius 3 is 1.00 bits per heavy atom. The molecule has 1 amide bonds. The molecule has 0 aliphatic carbocycles. The summed E-state index contributed by atoms with van der Waals surface area (Å²) < 4.78 is 92.6. The molecule has 0 aromatic carbocycles. The van der Waals surface area contributed by atoms with E-state index in [4.69, 9.17) is 80.5 Å². The number of amides is 1. The van der Waals surface area contributed by atoms with Crippen LogP contribution in [-0.2, 0) is 94.9 Å². The predicted octanol–water partition coefficient (Wildman–Crippen LogP) is 4.34. The number of carboxylic acids is 1. The van der Waals surface area contributed by atoms with Crippen LogP contribution >= 0.6 is 64.8 Å². The van der Waals surface area contributed by atoms with Gasteiger partial charge < -0.3 is 90.9 Å². The fourth-order valence-corrected chi connectivity index (χ4v) is 19.4. The third-order valence-electron chi connectivity index (χ3n) is 9.53. The van der Waals surface area contributed by atoms with Gasteiger partial charge in [0.25, 0.3) is 0 Å². The number of Topliss-reactive ketones (excluding diaryl/α,β-unsaturated/α-hetero) is 1. The van der Waals surface area contributed by atoms with Crippen LogP contribution in [0.25, 0.3) is 0 Å². The van der Waals surface area contributed by atoms with Crippen molar-refractivity contribution in [1.82, 2.24) is 5.32 Å². The molecular weight excluding hydrogens is 1090 g/mol. The van der Waals surface area contributed by atoms with E-state index < -0.39 is 11.9 Å². The number of carbonyl (C=O) groups excluding carboxylic acids is 2. The summed E-state index contributed by atoms with van der Waals surface area (Å²) in [6, 6.07) is 0. The van der Waals surface area contributed by atoms with Gasteiger partial charge in [-0.2, -0.15) is 0 Å². The number of rotatable bonds is 60. The first-order valence-corrected chi connectivity index (χ1v) is 31.8. The van der Waals surface area contributed by atoms with Gasteiger partial charge >= 0.3 is 5.97 Å². The van der Waals surface area contributed by atoms with Gasteiger partial charge in [0.15, 0.2) is 8.53 Å². The molecule has 28 heteroatoms. The molecule has 74 heavy (non-hydrogen) atoms. The van der Waals surface area contributed by atoms with Crippen LogP contribution in [0.3, 0.4) is 0 Å². The summed E-state index contributed by atoms with van der Waals surface area (Å²) >= 11 is 0. The number of hydrogen-bond donors (Lipinski definition) is 2. The summed E-state index contributed by atoms with van der Waals surface area (Å²) in [6.45, 7) is 15.5. The number of nitrogens with one attached hydrogen (secondary N) is 1. The van der Waals surface area contributed by atoms with Crippen molar-refractivity contribution >= 4 is 82.4 Å². The summed E-state index contributed by atoms with van der Waals surface area (Å²) in [5.74, 6) is -1.54. The van der Waals surface area contributed by atoms with Gasteiger partial charge in [0, 0.05) is 26.5 Å². The Labute approximate surface area is 462 Å². The van der Waals surface area contributed by atoms with Crippen LogP contribution in [0.2, 0.25) is 0 Å². The van der Waals surface area contributed by atoms with Crippen LogP contribution in [0.15, 0.2) is 0 Å². The second-order valence-electron chi connectivity index (χ2n) is 15.5. The molecule has 1 atom stereocenters. The minimum absolute atomic E-state index is 0.0106. The first kappa shape index (κ1) is 70.1. The van der Waals surface area contributed by atoms with Crippen LogP contribution in [0.1, 0.15) is 32.1 Å². The van der Waals surface area contributed by atoms with Crippen molar-refractivity contribution in [3.05, 3.63) is 0 Å². The van der Waals surface area contributed by atoms with Crippen molar-refractivity contribution in [1.29, 1.82) is 0 Å². The molecule has 2 saturated heterocycles. The standard InChI is InChI=1S/C46H85NO21S6/c1-52-8-9-53-10-11-54-12-13-55-14-15-56-16-17-57-18-19-58-20-21-59-22-23-60-24-25-61-26-27-62-28-29-63-30-31-64-32-33-65-34-35-66-36-37-67-38-39-68-40-41(48)5-6-43(49)47-7-3-2-4-42(44(50)51)45-69-71-46(72-70-45)73-74-46/h42,45H,2-40H2,1H3,(H,47,49)(H,50,51)/t42-/m0/s1. The van der Waals surface area contributed by atoms with Gasteiger partial charge in [-0.15, -0.1) is 0 Å². The lowest BCUT2D eigenvalue weighted by Crippen LogP contribution is -2.27. The van der Waals surface area contributed by atoms with Gasteiger partial charge in [0.05, 0.1) is 222 Å². The molecular formula is C46H85NO21S6. The van der Waals surface area contributed by atoms with E-state index in [1.165, 1.54) is 0 Å². The van der Waals surface area contributed by atoms with Crippen LogP contribution < -0.4 is 5.32 Å². The Bertz CT molecular complexity index is 1290. The molecule has 0 bridgehead atoms. The molecule has 0 saturated carbocycles. The number of ether oxygens (including phenoxy) is 17. The molecule has 0 unspecified atom stereocenters. The van der Waals surface area contributed by atoms with Gasteiger partial charge in [-0.05, 0) is 34.4 Å². The third-order valence-corrected chi connectivity index (χ3v) is 23.4. The second kappa shape index (κ2) is 53.7. The number of unbranched alkanes of at least 4 members (excludes halogenated alkanes) is 1. The predicted molar refractivity (Wildman–Crippen MR) is 289 cm³/mol. The highest BCUT2D eigenvalue weighted by molar-refractivity contribution is 9.14. The molecule has 0 aromatic rings. The smallest absolute Gasteiger partial charge is 0.308 e. The summed E-state index contributed by atoms with van der Waals surface area (Å²) in [6.07, 6.45) is 2.16. The highest BCUT2D eigenvalue weighted by Gasteiger charge is 2.53. The maximum absolute atomic E-state index is 12.1. The van der Waals surface area contributed by atoms with Crippen molar-refractivity contribution in [2.24, 2.45) is 5.92 Å². The Morgan fingerprint density at radius 2 is 0.716 bits per heavy atom. The summed E-state index contributed by atoms with van der Waals surface area (Å²) in [4.78, 5) is 36.1. The molecule has 2 N–H and O–H groups in total. The van der Waals surface area contributed by atoms with E-state index in [1.807, 2.05) is 21.6 Å². The molecule has 436 valence electrons. The minimum Gasteiger partial charge on any atom is -0.481 e. The number of methoxy groups -OCH3 is 1. The van der Waals surface area contributed by atoms with Gasteiger partial charge in [-0.25, -0.2) is 0 Å². The minimum atomic E-state index is -0.770. The monoisotopic (exact) mass is 1180 g/mol. The maximum atomic E-state index is 12.1. The van der Waals surface area contributed by atoms with Crippen molar-refractivity contribution in [2.75, 3.05) is 232 Å². The average Bonchev–Trinajstić information content (AvgIpc) is 4.16. The lowest BCUT2D eigenvalue weighted by atomic mass is 10.0. The molecule has 0 radical (unpaired) electrons. The highest BCUT2D eigenvalue weighted by atomic mass is 33.2. The van der Waals surface area contributed by atoms with E-state index in [2.05, 4.69) is 5.32 Å². The lowest BCUT2D eigenvalue weighted by molar-refractivity contribution is -0.141. The topological polar surface area (TPSA) is 240 Å². The quantitative estimate of drug-likeness (QED) is 0.0489. The number of ketones is 1. The fraction of sp³-hybridized carbons (Fsp3) is 0.935. The average molecular weight is 1180 g/mol. The van der Waals surface area contributed by atoms with Crippen LogP contribution in [0.4, 0.5) is 0 Å². The highest BCUT2D eigenvalue weighted by Crippen LogP contribution is 2.84. The normalized spacial score (nSPS) is 14.8. The Morgan fingerprint density at radius 1 is 0.419 bits per heavy atom. The van der Waals surface area contributed by atoms with Gasteiger partial charge in [-0.3, -0.25) is 14.4 Å². The lowest BCUT2D eigenvalue weighted by Gasteiger charge is -2.27. The third kappa shape index (κ3) is 45.8. The number of carbonyl (C=O) groups is 3. The van der Waals surface area contributed by atoms with Crippen molar-refractivity contribution in [2.45, 2.75) is 39.4 Å². The van der Waals surface area contributed by atoms with E-state index in [0.29, 0.717) is 231 Å². The van der Waals surface area contributed by atoms with E-state index in [-0.39, 0.29) is 45.1 Å². The first-order valence-electron chi connectivity index (χ1n) is 25.3. The molecule has 2 aliphatic heterocycles. The van der Waals surface area contributed by atoms with E-state index >= 15 is 0 Å². The van der Waals surface area contributed by atoms with Crippen molar-refractivity contribution in [3.63, 3.8) is 0 Å². The Kier molecular flexibility index (Phi) is 50.9.